The van der Waals surface area contributed by atoms with Crippen LogP contribution in [-0.2, 0) is 4.79 Å². The Balaban J connectivity index is 2.04. The minimum Gasteiger partial charge on any atom is -0.370 e. The second-order valence-corrected chi connectivity index (χ2v) is 4.46. The Morgan fingerprint density at radius 3 is 2.87 bits per heavy atom. The molecule has 1 unspecified atom stereocenters. The average Bonchev–Trinajstić information content (AvgIpc) is 2.25. The lowest BCUT2D eigenvalue weighted by atomic mass is 10.0. The van der Waals surface area contributed by atoms with E-state index in [0.29, 0.717) is 12.5 Å². The van der Waals surface area contributed by atoms with Gasteiger partial charge in [-0.15, -0.1) is 0 Å². The van der Waals surface area contributed by atoms with E-state index in [1.54, 1.807) is 0 Å². The van der Waals surface area contributed by atoms with Crippen molar-refractivity contribution in [3.63, 3.8) is 0 Å². The third kappa shape index (κ3) is 5.74. The van der Waals surface area contributed by atoms with Crippen LogP contribution in [0.25, 0.3) is 0 Å². The number of nitrogens with zero attached hydrogens (tertiary/aromatic N) is 1. The summed E-state index contributed by atoms with van der Waals surface area (Å²) in [6, 6.07) is 0.676. The summed E-state index contributed by atoms with van der Waals surface area (Å²) in [5.74, 6) is -0.211. The van der Waals surface area contributed by atoms with Crippen LogP contribution in [0.1, 0.15) is 32.1 Å². The molecule has 0 radical (unpaired) electrons. The van der Waals surface area contributed by atoms with Crippen LogP contribution in [0, 0.1) is 0 Å². The highest BCUT2D eigenvalue weighted by Crippen LogP contribution is 2.10. The van der Waals surface area contributed by atoms with Gasteiger partial charge in [-0.05, 0) is 39.4 Å². The molecular formula is C11H23N3O. The summed E-state index contributed by atoms with van der Waals surface area (Å²) < 4.78 is 0. The zero-order valence-corrected chi connectivity index (χ0v) is 9.67. The summed E-state index contributed by atoms with van der Waals surface area (Å²) in [6.07, 6.45) is 5.60. The molecule has 1 rings (SSSR count). The zero-order chi connectivity index (χ0) is 11.1. The molecule has 0 aromatic heterocycles. The second kappa shape index (κ2) is 6.80. The van der Waals surface area contributed by atoms with Gasteiger partial charge in [-0.25, -0.2) is 0 Å². The van der Waals surface area contributed by atoms with E-state index in [2.05, 4.69) is 10.2 Å². The largest absolute Gasteiger partial charge is 0.370 e. The highest BCUT2D eigenvalue weighted by atomic mass is 16.1. The first-order chi connectivity index (χ1) is 7.18. The Bertz CT molecular complexity index is 190. The number of carbonyl (C=O) groups excluding carboxylic acids is 1. The Morgan fingerprint density at radius 2 is 2.27 bits per heavy atom. The predicted octanol–water partition coefficient (Wildman–Crippen LogP) is 0.326. The minimum absolute atomic E-state index is 0.211. The number of piperidine rings is 1. The molecule has 0 bridgehead atoms. The molecular weight excluding hydrogens is 190 g/mol. The fraction of sp³-hybridized carbons (Fsp3) is 0.909. The van der Waals surface area contributed by atoms with Crippen molar-refractivity contribution in [1.29, 1.82) is 0 Å². The van der Waals surface area contributed by atoms with Gasteiger partial charge < -0.3 is 16.0 Å². The fourth-order valence-electron chi connectivity index (χ4n) is 1.96. The third-order valence-electron chi connectivity index (χ3n) is 3.01. The summed E-state index contributed by atoms with van der Waals surface area (Å²) in [5.41, 5.74) is 5.10. The molecule has 4 heteroatoms. The summed E-state index contributed by atoms with van der Waals surface area (Å²) in [7, 11) is 2.05. The van der Waals surface area contributed by atoms with Gasteiger partial charge in [0.2, 0.25) is 5.91 Å². The van der Waals surface area contributed by atoms with Crippen LogP contribution < -0.4 is 11.1 Å². The molecule has 88 valence electrons. The first-order valence-electron chi connectivity index (χ1n) is 5.88. The van der Waals surface area contributed by atoms with E-state index < -0.39 is 0 Å². The molecule has 1 saturated heterocycles. The molecule has 0 aliphatic carbocycles. The summed E-state index contributed by atoms with van der Waals surface area (Å²) in [5, 5.41) is 3.52. The van der Waals surface area contributed by atoms with Gasteiger partial charge in [0.15, 0.2) is 0 Å². The molecule has 0 aromatic rings. The SMILES string of the molecule is CN(CCC(N)=O)CCC1CCCCN1. The minimum atomic E-state index is -0.211. The van der Waals surface area contributed by atoms with E-state index in [1.165, 1.54) is 25.7 Å². The van der Waals surface area contributed by atoms with Gasteiger partial charge in [0, 0.05) is 19.0 Å². The number of rotatable bonds is 6. The molecule has 1 fully saturated rings. The number of hydrogen-bond acceptors (Lipinski definition) is 3. The van der Waals surface area contributed by atoms with Crippen molar-refractivity contribution in [2.24, 2.45) is 5.73 Å². The van der Waals surface area contributed by atoms with Gasteiger partial charge in [0.1, 0.15) is 0 Å². The van der Waals surface area contributed by atoms with Crippen molar-refractivity contribution >= 4 is 5.91 Å². The van der Waals surface area contributed by atoms with Gasteiger partial charge in [-0.3, -0.25) is 4.79 Å². The maximum absolute atomic E-state index is 10.6. The molecule has 0 saturated carbocycles. The molecule has 1 atom stereocenters. The van der Waals surface area contributed by atoms with E-state index in [1.807, 2.05) is 7.05 Å². The normalized spacial score (nSPS) is 21.9. The number of hydrogen-bond donors (Lipinski definition) is 2. The smallest absolute Gasteiger partial charge is 0.218 e. The lowest BCUT2D eigenvalue weighted by Crippen LogP contribution is -2.37. The number of nitrogens with one attached hydrogen (secondary N) is 1. The van der Waals surface area contributed by atoms with E-state index >= 15 is 0 Å². The lowest BCUT2D eigenvalue weighted by molar-refractivity contribution is -0.118. The lowest BCUT2D eigenvalue weighted by Gasteiger charge is -2.25. The summed E-state index contributed by atoms with van der Waals surface area (Å²) >= 11 is 0. The maximum atomic E-state index is 10.6. The van der Waals surface area contributed by atoms with Crippen LogP contribution in [0.3, 0.4) is 0 Å². The van der Waals surface area contributed by atoms with Crippen LogP contribution in [-0.4, -0.2) is 43.5 Å². The predicted molar refractivity (Wildman–Crippen MR) is 61.6 cm³/mol. The molecule has 0 spiro atoms. The van der Waals surface area contributed by atoms with Gasteiger partial charge in [-0.2, -0.15) is 0 Å². The van der Waals surface area contributed by atoms with Crippen LogP contribution >= 0.6 is 0 Å². The van der Waals surface area contributed by atoms with Crippen molar-refractivity contribution in [2.75, 3.05) is 26.7 Å². The topological polar surface area (TPSA) is 58.4 Å². The fourth-order valence-corrected chi connectivity index (χ4v) is 1.96. The maximum Gasteiger partial charge on any atom is 0.218 e. The molecule has 3 N–H and O–H groups in total. The van der Waals surface area contributed by atoms with Crippen LogP contribution in [0.2, 0.25) is 0 Å². The van der Waals surface area contributed by atoms with Gasteiger partial charge in [0.25, 0.3) is 0 Å². The van der Waals surface area contributed by atoms with Crippen molar-refractivity contribution in [3.05, 3.63) is 0 Å². The first kappa shape index (κ1) is 12.5. The van der Waals surface area contributed by atoms with Gasteiger partial charge in [0.05, 0.1) is 0 Å². The average molecular weight is 213 g/mol. The van der Waals surface area contributed by atoms with Crippen molar-refractivity contribution in [3.8, 4) is 0 Å². The molecule has 1 aliphatic heterocycles. The van der Waals surface area contributed by atoms with Crippen molar-refractivity contribution < 1.29 is 4.79 Å². The van der Waals surface area contributed by atoms with E-state index in [-0.39, 0.29) is 5.91 Å². The highest BCUT2D eigenvalue weighted by Gasteiger charge is 2.12. The Labute approximate surface area is 92.2 Å². The van der Waals surface area contributed by atoms with E-state index in [4.69, 9.17) is 5.73 Å². The monoisotopic (exact) mass is 213 g/mol. The molecule has 1 aliphatic rings. The Morgan fingerprint density at radius 1 is 1.47 bits per heavy atom. The molecule has 0 aromatic carbocycles. The molecule has 1 amide bonds. The Hall–Kier alpha value is -0.610. The molecule has 1 heterocycles. The number of primary amides is 1. The third-order valence-corrected chi connectivity index (χ3v) is 3.01. The number of amides is 1. The standard InChI is InChI=1S/C11H23N3O/c1-14(9-6-11(12)15)8-5-10-4-2-3-7-13-10/h10,13H,2-9H2,1H3,(H2,12,15). The van der Waals surface area contributed by atoms with Crippen LogP contribution in [0.4, 0.5) is 0 Å². The van der Waals surface area contributed by atoms with Gasteiger partial charge in [-0.1, -0.05) is 6.42 Å². The van der Waals surface area contributed by atoms with Crippen molar-refractivity contribution in [1.82, 2.24) is 10.2 Å². The Kier molecular flexibility index (Phi) is 5.65. The van der Waals surface area contributed by atoms with Crippen LogP contribution in [0.15, 0.2) is 0 Å². The number of nitrogens with two attached hydrogens (primary N) is 1. The summed E-state index contributed by atoms with van der Waals surface area (Å²) in [4.78, 5) is 12.8. The van der Waals surface area contributed by atoms with E-state index in [0.717, 1.165) is 19.6 Å². The zero-order valence-electron chi connectivity index (χ0n) is 9.67. The molecule has 4 nitrogen and oxygen atoms in total. The van der Waals surface area contributed by atoms with E-state index in [9.17, 15) is 4.79 Å². The number of carbonyl (C=O) groups is 1. The molecule has 15 heavy (non-hydrogen) atoms. The van der Waals surface area contributed by atoms with Crippen molar-refractivity contribution in [2.45, 2.75) is 38.1 Å². The highest BCUT2D eigenvalue weighted by molar-refractivity contribution is 5.73. The van der Waals surface area contributed by atoms with Gasteiger partial charge >= 0.3 is 0 Å². The van der Waals surface area contributed by atoms with Crippen LogP contribution in [0.5, 0.6) is 0 Å². The first-order valence-corrected chi connectivity index (χ1v) is 5.88. The second-order valence-electron chi connectivity index (χ2n) is 4.46. The summed E-state index contributed by atoms with van der Waals surface area (Å²) in [6.45, 7) is 2.99. The quantitative estimate of drug-likeness (QED) is 0.668.